The molecule has 0 radical (unpaired) electrons. The van der Waals surface area contributed by atoms with Crippen molar-refractivity contribution in [3.63, 3.8) is 0 Å². The van der Waals surface area contributed by atoms with Gasteiger partial charge < -0.3 is 10.6 Å². The second kappa shape index (κ2) is 5.55. The van der Waals surface area contributed by atoms with E-state index in [0.29, 0.717) is 5.96 Å². The molecule has 0 heterocycles. The number of nitrogens with zero attached hydrogens (tertiary/aromatic N) is 2. The van der Waals surface area contributed by atoms with E-state index in [9.17, 15) is 0 Å². The van der Waals surface area contributed by atoms with Gasteiger partial charge in [0.25, 0.3) is 0 Å². The summed E-state index contributed by atoms with van der Waals surface area (Å²) in [4.78, 5) is 6.61. The molecule has 2 N–H and O–H groups in total. The lowest BCUT2D eigenvalue weighted by atomic mass is 9.89. The van der Waals surface area contributed by atoms with Crippen LogP contribution in [0, 0.1) is 5.92 Å². The summed E-state index contributed by atoms with van der Waals surface area (Å²) in [7, 11) is 2.05. The minimum atomic E-state index is -0.0785. The van der Waals surface area contributed by atoms with Gasteiger partial charge in [0.15, 0.2) is 5.96 Å². The lowest BCUT2D eigenvalue weighted by molar-refractivity contribution is 0.293. The monoisotopic (exact) mass is 225 g/mol. The van der Waals surface area contributed by atoms with Crippen LogP contribution >= 0.6 is 0 Å². The maximum Gasteiger partial charge on any atom is 0.191 e. The van der Waals surface area contributed by atoms with Crippen LogP contribution in [0.4, 0.5) is 0 Å². The van der Waals surface area contributed by atoms with E-state index in [1.165, 1.54) is 32.1 Å². The highest BCUT2D eigenvalue weighted by molar-refractivity contribution is 5.78. The average molecular weight is 225 g/mol. The maximum atomic E-state index is 6.00. The van der Waals surface area contributed by atoms with Crippen LogP contribution in [-0.4, -0.2) is 30.0 Å². The first-order valence-corrected chi connectivity index (χ1v) is 6.45. The summed E-state index contributed by atoms with van der Waals surface area (Å²) in [5, 5.41) is 0. The van der Waals surface area contributed by atoms with E-state index in [4.69, 9.17) is 5.73 Å². The molecule has 3 heteroatoms. The van der Waals surface area contributed by atoms with Crippen LogP contribution in [0.3, 0.4) is 0 Å². The van der Waals surface area contributed by atoms with Crippen LogP contribution in [0.1, 0.15) is 52.9 Å². The van der Waals surface area contributed by atoms with Crippen LogP contribution in [0.5, 0.6) is 0 Å². The molecule has 0 bridgehead atoms. The SMILES string of the molecule is CN(CC1CCCCC1)C(N)=NC(C)(C)C. The Hall–Kier alpha value is -0.730. The Balaban J connectivity index is 2.44. The summed E-state index contributed by atoms with van der Waals surface area (Å²) in [6.45, 7) is 7.29. The summed E-state index contributed by atoms with van der Waals surface area (Å²) >= 11 is 0. The molecule has 0 unspecified atom stereocenters. The molecule has 0 amide bonds. The molecule has 1 aliphatic rings. The first-order chi connectivity index (χ1) is 7.38. The Morgan fingerprint density at radius 2 is 1.81 bits per heavy atom. The first-order valence-electron chi connectivity index (χ1n) is 6.45. The fourth-order valence-corrected chi connectivity index (χ4v) is 2.28. The molecule has 16 heavy (non-hydrogen) atoms. The Kier molecular flexibility index (Phi) is 4.63. The second-order valence-electron chi connectivity index (χ2n) is 6.03. The normalized spacial score (nSPS) is 19.9. The zero-order chi connectivity index (χ0) is 12.2. The van der Waals surface area contributed by atoms with Crippen molar-refractivity contribution in [2.24, 2.45) is 16.6 Å². The zero-order valence-corrected chi connectivity index (χ0v) is 11.3. The molecule has 0 saturated heterocycles. The highest BCUT2D eigenvalue weighted by Crippen LogP contribution is 2.24. The molecular formula is C13H27N3. The quantitative estimate of drug-likeness (QED) is 0.580. The molecule has 0 aromatic carbocycles. The van der Waals surface area contributed by atoms with E-state index in [1.54, 1.807) is 0 Å². The number of hydrogen-bond donors (Lipinski definition) is 1. The largest absolute Gasteiger partial charge is 0.370 e. The topological polar surface area (TPSA) is 41.6 Å². The third-order valence-electron chi connectivity index (χ3n) is 3.10. The third-order valence-corrected chi connectivity index (χ3v) is 3.10. The standard InChI is InChI=1S/C13H27N3/c1-13(2,3)15-12(14)16(4)10-11-8-6-5-7-9-11/h11H,5-10H2,1-4H3,(H2,14,15). The van der Waals surface area contributed by atoms with Gasteiger partial charge in [0.05, 0.1) is 5.54 Å². The summed E-state index contributed by atoms with van der Waals surface area (Å²) in [6, 6.07) is 0. The van der Waals surface area contributed by atoms with Crippen molar-refractivity contribution >= 4 is 5.96 Å². The van der Waals surface area contributed by atoms with E-state index < -0.39 is 0 Å². The Morgan fingerprint density at radius 3 is 2.31 bits per heavy atom. The minimum absolute atomic E-state index is 0.0785. The van der Waals surface area contributed by atoms with Crippen molar-refractivity contribution in [3.05, 3.63) is 0 Å². The molecule has 1 aliphatic carbocycles. The summed E-state index contributed by atoms with van der Waals surface area (Å²) in [5.74, 6) is 1.49. The fourth-order valence-electron chi connectivity index (χ4n) is 2.28. The van der Waals surface area contributed by atoms with E-state index in [-0.39, 0.29) is 5.54 Å². The van der Waals surface area contributed by atoms with Crippen LogP contribution in [-0.2, 0) is 0 Å². The maximum absolute atomic E-state index is 6.00. The first kappa shape index (κ1) is 13.3. The lowest BCUT2D eigenvalue weighted by Crippen LogP contribution is -2.39. The predicted molar refractivity (Wildman–Crippen MR) is 70.6 cm³/mol. The van der Waals surface area contributed by atoms with Gasteiger partial charge in [-0.2, -0.15) is 0 Å². The van der Waals surface area contributed by atoms with Crippen LogP contribution in [0.15, 0.2) is 4.99 Å². The van der Waals surface area contributed by atoms with Gasteiger partial charge in [-0.25, -0.2) is 4.99 Å². The third kappa shape index (κ3) is 4.86. The molecule has 1 saturated carbocycles. The molecule has 0 spiro atoms. The van der Waals surface area contributed by atoms with Crippen molar-refractivity contribution in [1.29, 1.82) is 0 Å². The number of rotatable bonds is 2. The van der Waals surface area contributed by atoms with Gasteiger partial charge in [-0.05, 0) is 39.5 Å². The van der Waals surface area contributed by atoms with Crippen LogP contribution in [0.2, 0.25) is 0 Å². The Labute approximate surface area is 100 Å². The molecule has 1 rings (SSSR count). The highest BCUT2D eigenvalue weighted by Gasteiger charge is 2.17. The molecule has 0 aliphatic heterocycles. The summed E-state index contributed by atoms with van der Waals surface area (Å²) in [6.07, 6.45) is 6.88. The van der Waals surface area contributed by atoms with Gasteiger partial charge in [0.2, 0.25) is 0 Å². The van der Waals surface area contributed by atoms with E-state index in [0.717, 1.165) is 12.5 Å². The number of aliphatic imine (C=N–C) groups is 1. The molecule has 0 aromatic heterocycles. The number of nitrogens with two attached hydrogens (primary N) is 1. The fraction of sp³-hybridized carbons (Fsp3) is 0.923. The van der Waals surface area contributed by atoms with Crippen molar-refractivity contribution in [3.8, 4) is 0 Å². The summed E-state index contributed by atoms with van der Waals surface area (Å²) in [5.41, 5.74) is 5.92. The number of hydrogen-bond acceptors (Lipinski definition) is 1. The molecular weight excluding hydrogens is 198 g/mol. The average Bonchev–Trinajstić information content (AvgIpc) is 2.16. The van der Waals surface area contributed by atoms with Gasteiger partial charge in [0, 0.05) is 13.6 Å². The zero-order valence-electron chi connectivity index (χ0n) is 11.3. The predicted octanol–water partition coefficient (Wildman–Crippen LogP) is 2.61. The van der Waals surface area contributed by atoms with Gasteiger partial charge >= 0.3 is 0 Å². The Morgan fingerprint density at radius 1 is 1.25 bits per heavy atom. The van der Waals surface area contributed by atoms with E-state index in [1.807, 2.05) is 0 Å². The molecule has 3 nitrogen and oxygen atoms in total. The van der Waals surface area contributed by atoms with Crippen LogP contribution in [0.25, 0.3) is 0 Å². The minimum Gasteiger partial charge on any atom is -0.370 e. The molecule has 1 fully saturated rings. The smallest absolute Gasteiger partial charge is 0.191 e. The van der Waals surface area contributed by atoms with Crippen molar-refractivity contribution in [2.75, 3.05) is 13.6 Å². The summed E-state index contributed by atoms with van der Waals surface area (Å²) < 4.78 is 0. The van der Waals surface area contributed by atoms with Gasteiger partial charge in [-0.3, -0.25) is 0 Å². The van der Waals surface area contributed by atoms with Crippen LogP contribution < -0.4 is 5.73 Å². The van der Waals surface area contributed by atoms with E-state index in [2.05, 4.69) is 37.7 Å². The number of guanidine groups is 1. The second-order valence-corrected chi connectivity index (χ2v) is 6.03. The van der Waals surface area contributed by atoms with Gasteiger partial charge in [-0.15, -0.1) is 0 Å². The Bertz CT molecular complexity index is 234. The van der Waals surface area contributed by atoms with Crippen molar-refractivity contribution in [2.45, 2.75) is 58.4 Å². The molecule has 0 atom stereocenters. The lowest BCUT2D eigenvalue weighted by Gasteiger charge is -2.28. The van der Waals surface area contributed by atoms with Crippen molar-refractivity contribution in [1.82, 2.24) is 4.90 Å². The van der Waals surface area contributed by atoms with Gasteiger partial charge in [-0.1, -0.05) is 19.3 Å². The highest BCUT2D eigenvalue weighted by atomic mass is 15.2. The van der Waals surface area contributed by atoms with Gasteiger partial charge in [0.1, 0.15) is 0 Å². The van der Waals surface area contributed by atoms with Crippen molar-refractivity contribution < 1.29 is 0 Å². The van der Waals surface area contributed by atoms with E-state index >= 15 is 0 Å². The molecule has 0 aromatic rings. The molecule has 94 valence electrons.